The van der Waals surface area contributed by atoms with Gasteiger partial charge in [0, 0.05) is 25.0 Å². The van der Waals surface area contributed by atoms with Gasteiger partial charge in [-0.15, -0.1) is 0 Å². The van der Waals surface area contributed by atoms with Gasteiger partial charge in [-0.05, 0) is 37.3 Å². The van der Waals surface area contributed by atoms with Gasteiger partial charge in [0.1, 0.15) is 0 Å². The fourth-order valence-corrected chi connectivity index (χ4v) is 4.15. The smallest absolute Gasteiger partial charge is 0.309 e. The van der Waals surface area contributed by atoms with Crippen molar-refractivity contribution in [3.63, 3.8) is 0 Å². The molecule has 1 saturated heterocycles. The van der Waals surface area contributed by atoms with Crippen molar-refractivity contribution < 1.29 is 22.7 Å². The van der Waals surface area contributed by atoms with Crippen LogP contribution in [-0.4, -0.2) is 50.3 Å². The highest BCUT2D eigenvalue weighted by Crippen LogP contribution is 2.22. The molecule has 0 unspecified atom stereocenters. The molecule has 1 amide bonds. The van der Waals surface area contributed by atoms with E-state index in [1.807, 2.05) is 44.2 Å². The summed E-state index contributed by atoms with van der Waals surface area (Å²) in [4.78, 5) is 24.3. The molecule has 1 heterocycles. The number of amides is 1. The van der Waals surface area contributed by atoms with Crippen molar-refractivity contribution in [2.45, 2.75) is 39.7 Å². The van der Waals surface area contributed by atoms with Crippen LogP contribution in [0.2, 0.25) is 0 Å². The number of carbonyl (C=O) groups is 2. The van der Waals surface area contributed by atoms with Crippen LogP contribution in [0.25, 0.3) is 6.08 Å². The molecule has 1 aromatic carbocycles. The highest BCUT2D eigenvalue weighted by Gasteiger charge is 2.32. The maximum absolute atomic E-state index is 12.5. The van der Waals surface area contributed by atoms with Crippen LogP contribution in [0.1, 0.15) is 39.2 Å². The van der Waals surface area contributed by atoms with Crippen molar-refractivity contribution in [3.8, 4) is 0 Å². The molecule has 1 aromatic rings. The molecule has 1 aliphatic heterocycles. The predicted molar refractivity (Wildman–Crippen MR) is 112 cm³/mol. The third kappa shape index (κ3) is 7.29. The molecule has 2 rings (SSSR count). The molecular formula is C21H30N2O5S. The van der Waals surface area contributed by atoms with Crippen LogP contribution in [0.15, 0.2) is 35.7 Å². The molecule has 0 spiro atoms. The summed E-state index contributed by atoms with van der Waals surface area (Å²) < 4.78 is 31.6. The number of piperidine rings is 1. The molecule has 8 heteroatoms. The van der Waals surface area contributed by atoms with Crippen molar-refractivity contribution >= 4 is 28.0 Å². The fraction of sp³-hybridized carbons (Fsp3) is 0.524. The summed E-state index contributed by atoms with van der Waals surface area (Å²) in [5.74, 6) is -0.865. The molecule has 1 aliphatic rings. The van der Waals surface area contributed by atoms with E-state index in [0.717, 1.165) is 5.56 Å². The molecule has 1 atom stereocenters. The zero-order chi connectivity index (χ0) is 21.4. The Bertz CT molecular complexity index is 813. The highest BCUT2D eigenvalue weighted by molar-refractivity contribution is 7.92. The Morgan fingerprint density at radius 2 is 1.79 bits per heavy atom. The summed E-state index contributed by atoms with van der Waals surface area (Å²) in [6.45, 7) is 6.51. The zero-order valence-electron chi connectivity index (χ0n) is 17.2. The number of carbonyl (C=O) groups excluding carboxylic acids is 2. The second-order valence-electron chi connectivity index (χ2n) is 7.65. The normalized spacial score (nSPS) is 17.4. The SMILES string of the molecule is CC(C)CNC(=O)[C@H](C)OC(=O)C1CCN(S(=O)(=O)/C=C/c2ccccc2)CC1. The van der Waals surface area contributed by atoms with E-state index in [1.165, 1.54) is 9.71 Å². The van der Waals surface area contributed by atoms with Gasteiger partial charge in [0.25, 0.3) is 5.91 Å². The monoisotopic (exact) mass is 422 g/mol. The highest BCUT2D eigenvalue weighted by atomic mass is 32.2. The third-order valence-electron chi connectivity index (χ3n) is 4.73. The Labute approximate surface area is 173 Å². The lowest BCUT2D eigenvalue weighted by Gasteiger charge is -2.29. The van der Waals surface area contributed by atoms with Gasteiger partial charge in [0.2, 0.25) is 10.0 Å². The van der Waals surface area contributed by atoms with Gasteiger partial charge < -0.3 is 10.1 Å². The van der Waals surface area contributed by atoms with Crippen molar-refractivity contribution in [2.75, 3.05) is 19.6 Å². The first kappa shape index (κ1) is 23.1. The third-order valence-corrected chi connectivity index (χ3v) is 6.29. The van der Waals surface area contributed by atoms with Gasteiger partial charge >= 0.3 is 5.97 Å². The topological polar surface area (TPSA) is 92.8 Å². The number of nitrogens with zero attached hydrogens (tertiary/aromatic N) is 1. The minimum Gasteiger partial charge on any atom is -0.452 e. The average Bonchev–Trinajstić information content (AvgIpc) is 2.71. The lowest BCUT2D eigenvalue weighted by Crippen LogP contribution is -2.42. The average molecular weight is 423 g/mol. The van der Waals surface area contributed by atoms with Crippen molar-refractivity contribution in [3.05, 3.63) is 41.3 Å². The van der Waals surface area contributed by atoms with Crippen LogP contribution in [0, 0.1) is 11.8 Å². The van der Waals surface area contributed by atoms with Gasteiger partial charge in [-0.3, -0.25) is 9.59 Å². The lowest BCUT2D eigenvalue weighted by atomic mass is 9.98. The molecular weight excluding hydrogens is 392 g/mol. The summed E-state index contributed by atoms with van der Waals surface area (Å²) in [7, 11) is -3.55. The largest absolute Gasteiger partial charge is 0.452 e. The van der Waals surface area contributed by atoms with Crippen molar-refractivity contribution in [2.24, 2.45) is 11.8 Å². The molecule has 0 aromatic heterocycles. The maximum atomic E-state index is 12.5. The minimum absolute atomic E-state index is 0.245. The number of rotatable bonds is 8. The Morgan fingerprint density at radius 1 is 1.17 bits per heavy atom. The molecule has 0 bridgehead atoms. The summed E-state index contributed by atoms with van der Waals surface area (Å²) in [5, 5.41) is 3.93. The van der Waals surface area contributed by atoms with Crippen LogP contribution in [-0.2, 0) is 24.3 Å². The number of nitrogens with one attached hydrogen (secondary N) is 1. The first-order chi connectivity index (χ1) is 13.7. The zero-order valence-corrected chi connectivity index (χ0v) is 18.0. The summed E-state index contributed by atoms with van der Waals surface area (Å²) in [6, 6.07) is 9.20. The molecule has 0 radical (unpaired) electrons. The second-order valence-corrected chi connectivity index (χ2v) is 9.47. The van der Waals surface area contributed by atoms with E-state index in [0.29, 0.717) is 25.3 Å². The van der Waals surface area contributed by atoms with Crippen LogP contribution in [0.5, 0.6) is 0 Å². The van der Waals surface area contributed by atoms with Crippen LogP contribution < -0.4 is 5.32 Å². The van der Waals surface area contributed by atoms with Gasteiger partial charge in [-0.25, -0.2) is 8.42 Å². The first-order valence-electron chi connectivity index (χ1n) is 9.90. The van der Waals surface area contributed by atoms with E-state index in [2.05, 4.69) is 5.32 Å². The van der Waals surface area contributed by atoms with Crippen LogP contribution in [0.4, 0.5) is 0 Å². The van der Waals surface area contributed by atoms with Crippen LogP contribution in [0.3, 0.4) is 0 Å². The van der Waals surface area contributed by atoms with Gasteiger partial charge in [0.15, 0.2) is 6.10 Å². The molecule has 29 heavy (non-hydrogen) atoms. The van der Waals surface area contributed by atoms with E-state index >= 15 is 0 Å². The minimum atomic E-state index is -3.55. The molecule has 0 aliphatic carbocycles. The number of ether oxygens (including phenoxy) is 1. The van der Waals surface area contributed by atoms with Crippen LogP contribution >= 0.6 is 0 Å². The Hall–Kier alpha value is -2.19. The van der Waals surface area contributed by atoms with Crippen molar-refractivity contribution in [1.29, 1.82) is 0 Å². The fourth-order valence-electron chi connectivity index (χ4n) is 2.93. The van der Waals surface area contributed by atoms with E-state index in [1.54, 1.807) is 13.0 Å². The first-order valence-corrected chi connectivity index (χ1v) is 11.4. The number of sulfonamides is 1. The van der Waals surface area contributed by atoms with Gasteiger partial charge in [-0.1, -0.05) is 44.2 Å². The van der Waals surface area contributed by atoms with E-state index in [9.17, 15) is 18.0 Å². The molecule has 1 N–H and O–H groups in total. The number of benzene rings is 1. The summed E-state index contributed by atoms with van der Waals surface area (Å²) in [5.41, 5.74) is 0.805. The second kappa shape index (κ2) is 10.5. The number of hydrogen-bond donors (Lipinski definition) is 1. The Kier molecular flexibility index (Phi) is 8.40. The number of hydrogen-bond acceptors (Lipinski definition) is 5. The van der Waals surface area contributed by atoms with E-state index < -0.39 is 28.0 Å². The standard InChI is InChI=1S/C21H30N2O5S/c1-16(2)15-22-20(24)17(3)28-21(25)19-9-12-23(13-10-19)29(26,27)14-11-18-7-5-4-6-8-18/h4-8,11,14,16-17,19H,9-10,12-13,15H2,1-3H3,(H,22,24)/b14-11+/t17-/m0/s1. The molecule has 160 valence electrons. The lowest BCUT2D eigenvalue weighted by molar-refractivity contribution is -0.159. The van der Waals surface area contributed by atoms with Gasteiger partial charge in [0.05, 0.1) is 5.92 Å². The summed E-state index contributed by atoms with van der Waals surface area (Å²) in [6.07, 6.45) is 1.44. The number of esters is 1. The Balaban J connectivity index is 1.84. The molecule has 0 saturated carbocycles. The van der Waals surface area contributed by atoms with E-state index in [-0.39, 0.29) is 19.0 Å². The van der Waals surface area contributed by atoms with Gasteiger partial charge in [-0.2, -0.15) is 4.31 Å². The van der Waals surface area contributed by atoms with Crippen molar-refractivity contribution in [1.82, 2.24) is 9.62 Å². The predicted octanol–water partition coefficient (Wildman–Crippen LogP) is 2.40. The quantitative estimate of drug-likeness (QED) is 0.650. The summed E-state index contributed by atoms with van der Waals surface area (Å²) >= 11 is 0. The maximum Gasteiger partial charge on any atom is 0.309 e. The van der Waals surface area contributed by atoms with E-state index in [4.69, 9.17) is 4.74 Å². The Morgan fingerprint density at radius 3 is 2.38 bits per heavy atom. The molecule has 7 nitrogen and oxygen atoms in total. The molecule has 1 fully saturated rings.